The van der Waals surface area contributed by atoms with Gasteiger partial charge in [0, 0.05) is 23.9 Å². The van der Waals surface area contributed by atoms with Crippen molar-refractivity contribution in [3.63, 3.8) is 0 Å². The van der Waals surface area contributed by atoms with Crippen LogP contribution >= 0.6 is 0 Å². The van der Waals surface area contributed by atoms with E-state index in [0.717, 1.165) is 11.1 Å². The fraction of sp³-hybridized carbons (Fsp3) is 0.548. The molecule has 4 unspecified atom stereocenters. The number of fused-ring (bicyclic) bond motifs is 3. The van der Waals surface area contributed by atoms with Crippen molar-refractivity contribution in [2.45, 2.75) is 82.1 Å². The smallest absolute Gasteiger partial charge is 0.426 e. The van der Waals surface area contributed by atoms with Gasteiger partial charge in [-0.05, 0) is 92.2 Å². The highest BCUT2D eigenvalue weighted by Crippen LogP contribution is 2.51. The van der Waals surface area contributed by atoms with Crippen molar-refractivity contribution in [1.29, 1.82) is 0 Å². The number of hydrogen-bond donors (Lipinski definition) is 1. The van der Waals surface area contributed by atoms with E-state index in [1.165, 1.54) is 24.3 Å². The summed E-state index contributed by atoms with van der Waals surface area (Å²) in [6.45, 7) is 2.83. The molecule has 1 N–H and O–H groups in total. The molecule has 1 saturated carbocycles. The topological polar surface area (TPSA) is 57.6 Å². The molecule has 3 aliphatic rings. The van der Waals surface area contributed by atoms with Gasteiger partial charge >= 0.3 is 12.1 Å². The highest BCUT2D eigenvalue weighted by atomic mass is 19.4. The molecule has 2 aromatic carbocycles. The van der Waals surface area contributed by atoms with Gasteiger partial charge in [0.25, 0.3) is 0 Å². The van der Waals surface area contributed by atoms with Crippen LogP contribution in [0.15, 0.2) is 42.5 Å². The Morgan fingerprint density at radius 1 is 1.07 bits per heavy atom. The number of likely N-dealkylation sites (tertiary alicyclic amines) is 1. The Labute approximate surface area is 230 Å². The van der Waals surface area contributed by atoms with E-state index in [4.69, 9.17) is 0 Å². The molecule has 1 amide bonds. The zero-order valence-electron chi connectivity index (χ0n) is 22.6. The number of carboxylic acid groups (broad SMARTS) is 1. The number of alkyl halides is 4. The minimum Gasteiger partial charge on any atom is -0.481 e. The zero-order valence-corrected chi connectivity index (χ0v) is 22.6. The third-order valence-corrected chi connectivity index (χ3v) is 9.74. The first-order valence-electron chi connectivity index (χ1n) is 13.9. The van der Waals surface area contributed by atoms with Crippen LogP contribution in [0.2, 0.25) is 0 Å². The molecule has 9 heteroatoms. The van der Waals surface area contributed by atoms with Crippen molar-refractivity contribution in [3.05, 3.63) is 70.5 Å². The molecule has 2 aliphatic carbocycles. The van der Waals surface area contributed by atoms with Crippen molar-refractivity contribution >= 4 is 11.9 Å². The summed E-state index contributed by atoms with van der Waals surface area (Å²) in [5.74, 6) is -2.15. The van der Waals surface area contributed by atoms with E-state index in [2.05, 4.69) is 0 Å². The molecular weight excluding hydrogens is 529 g/mol. The summed E-state index contributed by atoms with van der Waals surface area (Å²) >= 11 is 0. The first-order valence-corrected chi connectivity index (χ1v) is 13.9. The Morgan fingerprint density at radius 2 is 1.82 bits per heavy atom. The summed E-state index contributed by atoms with van der Waals surface area (Å²) in [4.78, 5) is 27.3. The molecule has 2 fully saturated rings. The zero-order chi connectivity index (χ0) is 29.0. The van der Waals surface area contributed by atoms with Gasteiger partial charge in [-0.1, -0.05) is 37.3 Å². The molecule has 40 heavy (non-hydrogen) atoms. The second-order valence-corrected chi connectivity index (χ2v) is 12.1. The minimum atomic E-state index is -5.06. The van der Waals surface area contributed by atoms with E-state index in [1.54, 1.807) is 18.2 Å². The Balaban J connectivity index is 1.50. The molecule has 1 aliphatic heterocycles. The molecule has 4 nitrogen and oxygen atoms in total. The largest absolute Gasteiger partial charge is 0.481 e. The average Bonchev–Trinajstić information content (AvgIpc) is 3.26. The summed E-state index contributed by atoms with van der Waals surface area (Å²) in [6.07, 6.45) is -1.84. The van der Waals surface area contributed by atoms with E-state index in [-0.39, 0.29) is 23.8 Å². The third kappa shape index (κ3) is 4.79. The number of nitrogens with zero attached hydrogens (tertiary/aromatic N) is 1. The van der Waals surface area contributed by atoms with Crippen LogP contribution in [0.1, 0.15) is 68.2 Å². The number of amides is 1. The molecule has 1 heterocycles. The van der Waals surface area contributed by atoms with Crippen LogP contribution in [-0.2, 0) is 33.5 Å². The van der Waals surface area contributed by atoms with Crippen LogP contribution in [0.4, 0.5) is 22.0 Å². The van der Waals surface area contributed by atoms with Gasteiger partial charge in [0.1, 0.15) is 5.82 Å². The lowest BCUT2D eigenvalue weighted by Gasteiger charge is -2.45. The van der Waals surface area contributed by atoms with Crippen LogP contribution in [-0.4, -0.2) is 40.6 Å². The number of carbonyl (C=O) groups excluding carboxylic acids is 1. The minimum absolute atomic E-state index is 0.0183. The molecule has 5 rings (SSSR count). The molecule has 1 saturated heterocycles. The van der Waals surface area contributed by atoms with E-state index in [1.807, 2.05) is 11.8 Å². The fourth-order valence-corrected chi connectivity index (χ4v) is 7.52. The standard InChI is InChI=1S/C31H34F5NO3/c1-18-14-21(6-9-24(18)28(39)40)27(38)37-13-12-30(17-19-4-3-5-23(32)15-19)25-10-8-22(29(2,33)31(34,35)36)16-20(25)7-11-26(30)37/h3-5,8,10,15-16,18,21,24,26H,6-7,9,11-14,17H2,1-2H3,(H,39,40)/t18-,21?,24+,26?,29?,30?/m0/s1. The van der Waals surface area contributed by atoms with Gasteiger partial charge in [0.2, 0.25) is 11.6 Å². The van der Waals surface area contributed by atoms with E-state index < -0.39 is 40.5 Å². The normalized spacial score (nSPS) is 29.8. The van der Waals surface area contributed by atoms with Crippen LogP contribution in [0, 0.1) is 23.6 Å². The summed E-state index contributed by atoms with van der Waals surface area (Å²) in [5.41, 5.74) is -2.48. The lowest BCUT2D eigenvalue weighted by atomic mass is 9.63. The number of rotatable bonds is 5. The van der Waals surface area contributed by atoms with Gasteiger partial charge in [-0.3, -0.25) is 9.59 Å². The quantitative estimate of drug-likeness (QED) is 0.410. The first-order chi connectivity index (χ1) is 18.7. The predicted molar refractivity (Wildman–Crippen MR) is 139 cm³/mol. The van der Waals surface area contributed by atoms with Gasteiger partial charge in [-0.15, -0.1) is 0 Å². The summed E-state index contributed by atoms with van der Waals surface area (Å²) in [7, 11) is 0. The molecule has 0 radical (unpaired) electrons. The maximum absolute atomic E-state index is 14.9. The monoisotopic (exact) mass is 563 g/mol. The number of aryl methyl sites for hydroxylation is 1. The number of hydrogen-bond acceptors (Lipinski definition) is 2. The SMILES string of the molecule is C[C@H]1CC(C(=O)N2CCC3(Cc4cccc(F)c4)c4ccc(C(C)(F)C(F)(F)F)cc4CCC23)CC[C@H]1C(=O)O. The van der Waals surface area contributed by atoms with E-state index in [0.29, 0.717) is 64.0 Å². The fourth-order valence-electron chi connectivity index (χ4n) is 7.52. The van der Waals surface area contributed by atoms with Crippen molar-refractivity contribution in [3.8, 4) is 0 Å². The van der Waals surface area contributed by atoms with Gasteiger partial charge < -0.3 is 10.0 Å². The van der Waals surface area contributed by atoms with E-state index in [9.17, 15) is 36.6 Å². The molecule has 2 aromatic rings. The maximum atomic E-state index is 14.9. The molecule has 0 bridgehead atoms. The highest BCUT2D eigenvalue weighted by molar-refractivity contribution is 5.81. The summed E-state index contributed by atoms with van der Waals surface area (Å²) in [5, 5.41) is 9.49. The molecule has 216 valence electrons. The molecule has 0 spiro atoms. The van der Waals surface area contributed by atoms with Crippen LogP contribution in [0.5, 0.6) is 0 Å². The number of carboxylic acids is 1. The number of carbonyl (C=O) groups is 2. The van der Waals surface area contributed by atoms with Crippen molar-refractivity contribution in [1.82, 2.24) is 4.90 Å². The van der Waals surface area contributed by atoms with Gasteiger partial charge in [0.15, 0.2) is 0 Å². The lowest BCUT2D eigenvalue weighted by Crippen LogP contribution is -2.51. The van der Waals surface area contributed by atoms with Crippen LogP contribution in [0.3, 0.4) is 0 Å². The van der Waals surface area contributed by atoms with Crippen molar-refractivity contribution in [2.75, 3.05) is 6.54 Å². The highest BCUT2D eigenvalue weighted by Gasteiger charge is 2.56. The maximum Gasteiger partial charge on any atom is 0.426 e. The predicted octanol–water partition coefficient (Wildman–Crippen LogP) is 6.74. The molecule has 6 atom stereocenters. The molecular formula is C31H34F5NO3. The molecule has 0 aromatic heterocycles. The number of aliphatic carboxylic acids is 1. The summed E-state index contributed by atoms with van der Waals surface area (Å²) < 4.78 is 69.5. The second kappa shape index (κ2) is 10.1. The van der Waals surface area contributed by atoms with Crippen LogP contribution < -0.4 is 0 Å². The Morgan fingerprint density at radius 3 is 2.48 bits per heavy atom. The first kappa shape index (κ1) is 28.6. The van der Waals surface area contributed by atoms with Crippen LogP contribution in [0.25, 0.3) is 0 Å². The lowest BCUT2D eigenvalue weighted by molar-refractivity contribution is -0.228. The Kier molecular flexibility index (Phi) is 7.24. The van der Waals surface area contributed by atoms with Crippen molar-refractivity contribution < 1.29 is 36.6 Å². The summed E-state index contributed by atoms with van der Waals surface area (Å²) in [6, 6.07) is 10.0. The number of benzene rings is 2. The van der Waals surface area contributed by atoms with Gasteiger partial charge in [-0.25, -0.2) is 8.78 Å². The van der Waals surface area contributed by atoms with E-state index >= 15 is 0 Å². The Bertz CT molecular complexity index is 1310. The third-order valence-electron chi connectivity index (χ3n) is 9.74. The Hall–Kier alpha value is -2.97. The van der Waals surface area contributed by atoms with Gasteiger partial charge in [-0.2, -0.15) is 13.2 Å². The average molecular weight is 564 g/mol. The van der Waals surface area contributed by atoms with Crippen molar-refractivity contribution in [2.24, 2.45) is 17.8 Å². The van der Waals surface area contributed by atoms with Gasteiger partial charge in [0.05, 0.1) is 5.92 Å². The number of halogens is 5. The second-order valence-electron chi connectivity index (χ2n) is 12.1.